The van der Waals surface area contributed by atoms with E-state index in [1.165, 1.54) is 0 Å². The standard InChI is InChI=1S/C13H11Cl3O/c1-7-5-11(8(2)17-7)13(16)10-4-3-9(14)6-12(10)15/h3-6,13H,1-2H3. The first-order chi connectivity index (χ1) is 7.99. The summed E-state index contributed by atoms with van der Waals surface area (Å²) < 4.78 is 5.47. The van der Waals surface area contributed by atoms with Crippen molar-refractivity contribution in [1.29, 1.82) is 0 Å². The van der Waals surface area contributed by atoms with Crippen molar-refractivity contribution in [1.82, 2.24) is 0 Å². The Kier molecular flexibility index (Phi) is 3.72. The van der Waals surface area contributed by atoms with E-state index in [1.54, 1.807) is 12.1 Å². The molecule has 90 valence electrons. The van der Waals surface area contributed by atoms with Gasteiger partial charge in [0.2, 0.25) is 0 Å². The molecule has 0 radical (unpaired) electrons. The molecule has 0 aliphatic heterocycles. The lowest BCUT2D eigenvalue weighted by Crippen LogP contribution is -1.94. The van der Waals surface area contributed by atoms with Crippen LogP contribution in [0.15, 0.2) is 28.7 Å². The van der Waals surface area contributed by atoms with E-state index >= 15 is 0 Å². The van der Waals surface area contributed by atoms with Gasteiger partial charge in [-0.25, -0.2) is 0 Å². The van der Waals surface area contributed by atoms with Gasteiger partial charge in [-0.1, -0.05) is 29.3 Å². The molecule has 17 heavy (non-hydrogen) atoms. The van der Waals surface area contributed by atoms with E-state index in [9.17, 15) is 0 Å². The fraction of sp³-hybridized carbons (Fsp3) is 0.231. The molecular formula is C13H11Cl3O. The second-order valence-electron chi connectivity index (χ2n) is 3.90. The molecule has 1 atom stereocenters. The molecule has 2 rings (SSSR count). The summed E-state index contributed by atoms with van der Waals surface area (Å²) in [4.78, 5) is 0. The number of alkyl halides is 1. The minimum absolute atomic E-state index is 0.322. The van der Waals surface area contributed by atoms with E-state index in [2.05, 4.69) is 0 Å². The number of benzene rings is 1. The quantitative estimate of drug-likeness (QED) is 0.662. The van der Waals surface area contributed by atoms with Crippen molar-refractivity contribution < 1.29 is 4.42 Å². The number of rotatable bonds is 2. The van der Waals surface area contributed by atoms with Gasteiger partial charge in [-0.3, -0.25) is 0 Å². The summed E-state index contributed by atoms with van der Waals surface area (Å²) in [6.07, 6.45) is 0. The Morgan fingerprint density at radius 1 is 1.06 bits per heavy atom. The monoisotopic (exact) mass is 288 g/mol. The van der Waals surface area contributed by atoms with Gasteiger partial charge >= 0.3 is 0 Å². The van der Waals surface area contributed by atoms with Crippen molar-refractivity contribution in [3.63, 3.8) is 0 Å². The van der Waals surface area contributed by atoms with E-state index in [-0.39, 0.29) is 5.38 Å². The highest BCUT2D eigenvalue weighted by molar-refractivity contribution is 6.36. The van der Waals surface area contributed by atoms with Gasteiger partial charge in [0, 0.05) is 15.6 Å². The number of aryl methyl sites for hydroxylation is 2. The highest BCUT2D eigenvalue weighted by atomic mass is 35.5. The first-order valence-corrected chi connectivity index (χ1v) is 6.34. The fourth-order valence-electron chi connectivity index (χ4n) is 1.78. The SMILES string of the molecule is Cc1cc(C(Cl)c2ccc(Cl)cc2Cl)c(C)o1. The predicted molar refractivity (Wildman–Crippen MR) is 72.3 cm³/mol. The lowest BCUT2D eigenvalue weighted by molar-refractivity contribution is 0.501. The first-order valence-electron chi connectivity index (χ1n) is 5.15. The van der Waals surface area contributed by atoms with E-state index < -0.39 is 0 Å². The molecule has 0 saturated carbocycles. The summed E-state index contributed by atoms with van der Waals surface area (Å²) in [5.74, 6) is 1.65. The maximum absolute atomic E-state index is 6.42. The Morgan fingerprint density at radius 2 is 1.76 bits per heavy atom. The van der Waals surface area contributed by atoms with E-state index in [1.807, 2.05) is 26.0 Å². The van der Waals surface area contributed by atoms with Crippen LogP contribution < -0.4 is 0 Å². The smallest absolute Gasteiger partial charge is 0.106 e. The van der Waals surface area contributed by atoms with Gasteiger partial charge in [-0.15, -0.1) is 11.6 Å². The van der Waals surface area contributed by atoms with Crippen LogP contribution in [0.3, 0.4) is 0 Å². The Labute approximate surface area is 115 Å². The zero-order chi connectivity index (χ0) is 12.6. The number of furan rings is 1. The minimum Gasteiger partial charge on any atom is -0.466 e. The largest absolute Gasteiger partial charge is 0.466 e. The van der Waals surface area contributed by atoms with Crippen LogP contribution in [0.5, 0.6) is 0 Å². The molecule has 4 heteroatoms. The van der Waals surface area contributed by atoms with Crippen molar-refractivity contribution in [3.8, 4) is 0 Å². The van der Waals surface area contributed by atoms with Crippen molar-refractivity contribution in [2.75, 3.05) is 0 Å². The summed E-state index contributed by atoms with van der Waals surface area (Å²) in [5.41, 5.74) is 1.77. The van der Waals surface area contributed by atoms with Crippen molar-refractivity contribution >= 4 is 34.8 Å². The van der Waals surface area contributed by atoms with E-state index in [0.717, 1.165) is 22.6 Å². The molecule has 0 aliphatic carbocycles. The predicted octanol–water partition coefficient (Wildman–Crippen LogP) is 5.53. The molecule has 1 aromatic carbocycles. The van der Waals surface area contributed by atoms with Crippen LogP contribution in [-0.2, 0) is 0 Å². The molecule has 0 fully saturated rings. The number of hydrogen-bond donors (Lipinski definition) is 0. The average Bonchev–Trinajstić information content (AvgIpc) is 2.57. The Hall–Kier alpha value is -0.630. The summed E-state index contributed by atoms with van der Waals surface area (Å²) in [5, 5.41) is 0.843. The molecule has 0 saturated heterocycles. The minimum atomic E-state index is -0.322. The summed E-state index contributed by atoms with van der Waals surface area (Å²) in [7, 11) is 0. The van der Waals surface area contributed by atoms with Gasteiger partial charge in [-0.05, 0) is 37.6 Å². The molecule has 0 N–H and O–H groups in total. The highest BCUT2D eigenvalue weighted by Gasteiger charge is 2.19. The second kappa shape index (κ2) is 4.93. The lowest BCUT2D eigenvalue weighted by atomic mass is 10.0. The normalized spacial score (nSPS) is 12.8. The van der Waals surface area contributed by atoms with Crippen LogP contribution in [0, 0.1) is 13.8 Å². The van der Waals surface area contributed by atoms with E-state index in [4.69, 9.17) is 39.2 Å². The molecule has 1 aromatic heterocycles. The lowest BCUT2D eigenvalue weighted by Gasteiger charge is -2.11. The molecule has 2 aromatic rings. The number of halogens is 3. The van der Waals surface area contributed by atoms with Crippen LogP contribution in [0.2, 0.25) is 10.0 Å². The zero-order valence-electron chi connectivity index (χ0n) is 9.43. The number of hydrogen-bond acceptors (Lipinski definition) is 1. The molecule has 1 heterocycles. The molecule has 0 spiro atoms. The second-order valence-corrected chi connectivity index (χ2v) is 5.18. The van der Waals surface area contributed by atoms with Gasteiger partial charge in [0.1, 0.15) is 11.5 Å². The van der Waals surface area contributed by atoms with Crippen LogP contribution in [-0.4, -0.2) is 0 Å². The van der Waals surface area contributed by atoms with Gasteiger partial charge in [-0.2, -0.15) is 0 Å². The van der Waals surface area contributed by atoms with Crippen molar-refractivity contribution in [3.05, 3.63) is 57.0 Å². The van der Waals surface area contributed by atoms with E-state index in [0.29, 0.717) is 10.0 Å². The van der Waals surface area contributed by atoms with Gasteiger partial charge in [0.15, 0.2) is 0 Å². The third kappa shape index (κ3) is 2.62. The third-order valence-electron chi connectivity index (χ3n) is 2.59. The van der Waals surface area contributed by atoms with Crippen LogP contribution in [0.4, 0.5) is 0 Å². The van der Waals surface area contributed by atoms with Crippen molar-refractivity contribution in [2.24, 2.45) is 0 Å². The molecule has 1 unspecified atom stereocenters. The highest BCUT2D eigenvalue weighted by Crippen LogP contribution is 2.37. The molecule has 0 aliphatic rings. The first kappa shape index (κ1) is 12.8. The van der Waals surface area contributed by atoms with Gasteiger partial charge in [0.05, 0.1) is 5.38 Å². The van der Waals surface area contributed by atoms with Crippen molar-refractivity contribution in [2.45, 2.75) is 19.2 Å². The average molecular weight is 290 g/mol. The topological polar surface area (TPSA) is 13.1 Å². The Morgan fingerprint density at radius 3 is 2.29 bits per heavy atom. The summed E-state index contributed by atoms with van der Waals surface area (Å²) in [6.45, 7) is 3.78. The third-order valence-corrected chi connectivity index (χ3v) is 3.62. The summed E-state index contributed by atoms with van der Waals surface area (Å²) >= 11 is 18.4. The fourth-order valence-corrected chi connectivity index (χ4v) is 2.76. The van der Waals surface area contributed by atoms with Crippen LogP contribution >= 0.6 is 34.8 Å². The molecule has 0 amide bonds. The summed E-state index contributed by atoms with van der Waals surface area (Å²) in [6, 6.07) is 7.23. The Bertz CT molecular complexity index is 546. The van der Waals surface area contributed by atoms with Crippen LogP contribution in [0.25, 0.3) is 0 Å². The van der Waals surface area contributed by atoms with Crippen LogP contribution in [0.1, 0.15) is 28.0 Å². The zero-order valence-corrected chi connectivity index (χ0v) is 11.7. The maximum atomic E-state index is 6.42. The maximum Gasteiger partial charge on any atom is 0.106 e. The molecule has 0 bridgehead atoms. The molecular weight excluding hydrogens is 279 g/mol. The Balaban J connectivity index is 2.43. The van der Waals surface area contributed by atoms with Gasteiger partial charge < -0.3 is 4.42 Å². The molecule has 1 nitrogen and oxygen atoms in total. The van der Waals surface area contributed by atoms with Gasteiger partial charge in [0.25, 0.3) is 0 Å².